The maximum absolute atomic E-state index is 11.1. The van der Waals surface area contributed by atoms with Crippen LogP contribution in [-0.2, 0) is 14.0 Å². The molecule has 0 heterocycles. The van der Waals surface area contributed by atoms with Gasteiger partial charge in [-0.15, -0.1) is 0 Å². The Morgan fingerprint density at radius 2 is 1.68 bits per heavy atom. The molecular formula is C14H28O4Si. The fourth-order valence-corrected chi connectivity index (χ4v) is 3.40. The molecule has 0 aliphatic carbocycles. The number of methoxy groups -OCH3 is 1. The first kappa shape index (κ1) is 18.2. The fraction of sp³-hybridized carbons (Fsp3) is 0.786. The van der Waals surface area contributed by atoms with Crippen molar-refractivity contribution in [1.82, 2.24) is 0 Å². The lowest BCUT2D eigenvalue weighted by Crippen LogP contribution is -2.49. The summed E-state index contributed by atoms with van der Waals surface area (Å²) in [6.45, 7) is 16.2. The third-order valence-electron chi connectivity index (χ3n) is 3.69. The van der Waals surface area contributed by atoms with Crippen LogP contribution in [0.3, 0.4) is 0 Å². The Morgan fingerprint density at radius 1 is 1.21 bits per heavy atom. The molecule has 0 unspecified atom stereocenters. The van der Waals surface area contributed by atoms with E-state index in [0.29, 0.717) is 12.2 Å². The number of carboxylic acid groups (broad SMARTS) is 1. The van der Waals surface area contributed by atoms with Crippen LogP contribution in [0.25, 0.3) is 0 Å². The molecule has 1 atom stereocenters. The van der Waals surface area contributed by atoms with Crippen molar-refractivity contribution < 1.29 is 19.1 Å². The Balaban J connectivity index is 5.16. The van der Waals surface area contributed by atoms with Crippen molar-refractivity contribution in [2.24, 2.45) is 0 Å². The highest BCUT2D eigenvalue weighted by atomic mass is 28.4. The van der Waals surface area contributed by atoms with Crippen molar-refractivity contribution in [2.45, 2.75) is 64.3 Å². The third kappa shape index (κ3) is 5.78. The summed E-state index contributed by atoms with van der Waals surface area (Å²) in [6.07, 6.45) is 0.338. The molecule has 0 amide bonds. The highest BCUT2D eigenvalue weighted by molar-refractivity contribution is 6.74. The molecule has 0 aromatic heterocycles. The van der Waals surface area contributed by atoms with Gasteiger partial charge in [0, 0.05) is 6.42 Å². The van der Waals surface area contributed by atoms with E-state index >= 15 is 0 Å². The summed E-state index contributed by atoms with van der Waals surface area (Å²) in [5.74, 6) is -0.326. The minimum atomic E-state index is -2.05. The first-order valence-corrected chi connectivity index (χ1v) is 9.37. The van der Waals surface area contributed by atoms with Gasteiger partial charge in [0.2, 0.25) is 0 Å². The molecule has 0 aliphatic heterocycles. The molecule has 0 saturated heterocycles. The number of rotatable bonds is 7. The van der Waals surface area contributed by atoms with E-state index in [4.69, 9.17) is 14.3 Å². The summed E-state index contributed by atoms with van der Waals surface area (Å²) in [6, 6.07) is 0. The lowest BCUT2D eigenvalue weighted by atomic mass is 9.97. The van der Waals surface area contributed by atoms with Crippen molar-refractivity contribution in [3.8, 4) is 0 Å². The predicted octanol–water partition coefficient (Wildman–Crippen LogP) is 3.79. The highest BCUT2D eigenvalue weighted by Crippen LogP contribution is 2.41. The van der Waals surface area contributed by atoms with Gasteiger partial charge in [0.25, 0.3) is 0 Å². The molecule has 0 rings (SSSR count). The van der Waals surface area contributed by atoms with Gasteiger partial charge >= 0.3 is 5.97 Å². The van der Waals surface area contributed by atoms with Gasteiger partial charge in [-0.25, -0.2) is 0 Å². The smallest absolute Gasteiger partial charge is 0.306 e. The normalized spacial score (nSPS) is 15.7. The Hall–Kier alpha value is -0.813. The van der Waals surface area contributed by atoms with E-state index in [1.165, 1.54) is 7.11 Å². The monoisotopic (exact) mass is 288 g/mol. The highest BCUT2D eigenvalue weighted by Gasteiger charge is 2.44. The zero-order chi connectivity index (χ0) is 15.5. The number of carbonyl (C=O) groups is 1. The van der Waals surface area contributed by atoms with E-state index in [0.717, 1.165) is 0 Å². The van der Waals surface area contributed by atoms with Gasteiger partial charge in [0.1, 0.15) is 0 Å². The van der Waals surface area contributed by atoms with E-state index < -0.39 is 19.9 Å². The van der Waals surface area contributed by atoms with Gasteiger partial charge in [-0.05, 0) is 25.1 Å². The zero-order valence-corrected chi connectivity index (χ0v) is 14.3. The van der Waals surface area contributed by atoms with Crippen LogP contribution >= 0.6 is 0 Å². The molecule has 112 valence electrons. The summed E-state index contributed by atoms with van der Waals surface area (Å²) in [4.78, 5) is 11.1. The molecule has 4 nitrogen and oxygen atoms in total. The first-order chi connectivity index (χ1) is 8.33. The van der Waals surface area contributed by atoms with Crippen LogP contribution < -0.4 is 0 Å². The molecule has 0 radical (unpaired) electrons. The number of hydrogen-bond donors (Lipinski definition) is 1. The van der Waals surface area contributed by atoms with Crippen LogP contribution in [0.15, 0.2) is 12.3 Å². The van der Waals surface area contributed by atoms with Gasteiger partial charge in [-0.2, -0.15) is 0 Å². The maximum atomic E-state index is 11.1. The Labute approximate surface area is 117 Å². The summed E-state index contributed by atoms with van der Waals surface area (Å²) in [5, 5.41) is 9.13. The van der Waals surface area contributed by atoms with Crippen molar-refractivity contribution in [2.75, 3.05) is 7.11 Å². The van der Waals surface area contributed by atoms with Gasteiger partial charge in [0.15, 0.2) is 8.32 Å². The summed E-state index contributed by atoms with van der Waals surface area (Å²) in [5.41, 5.74) is -0.776. The van der Waals surface area contributed by atoms with Crippen molar-refractivity contribution >= 4 is 14.3 Å². The number of carboxylic acids is 1. The summed E-state index contributed by atoms with van der Waals surface area (Å²) in [7, 11) is -0.509. The van der Waals surface area contributed by atoms with E-state index in [2.05, 4.69) is 40.4 Å². The van der Waals surface area contributed by atoms with Gasteiger partial charge in [-0.1, -0.05) is 27.4 Å². The lowest BCUT2D eigenvalue weighted by molar-refractivity contribution is -0.141. The van der Waals surface area contributed by atoms with Crippen LogP contribution in [0.2, 0.25) is 18.1 Å². The van der Waals surface area contributed by atoms with Crippen molar-refractivity contribution in [3.63, 3.8) is 0 Å². The molecule has 19 heavy (non-hydrogen) atoms. The van der Waals surface area contributed by atoms with Gasteiger partial charge in [0.05, 0.1) is 24.9 Å². The molecular weight excluding hydrogens is 260 g/mol. The Bertz CT molecular complexity index is 344. The summed E-state index contributed by atoms with van der Waals surface area (Å²) < 4.78 is 11.4. The topological polar surface area (TPSA) is 55.8 Å². The Morgan fingerprint density at radius 3 is 2.00 bits per heavy atom. The SMILES string of the molecule is C=C(C[C@@](C)(CC(=O)O)O[Si](C)(C)C(C)(C)C)OC. The summed E-state index contributed by atoms with van der Waals surface area (Å²) >= 11 is 0. The molecule has 1 N–H and O–H groups in total. The van der Waals surface area contributed by atoms with E-state index in [-0.39, 0.29) is 11.5 Å². The number of aliphatic carboxylic acids is 1. The maximum Gasteiger partial charge on any atom is 0.306 e. The largest absolute Gasteiger partial charge is 0.502 e. The van der Waals surface area contributed by atoms with Crippen LogP contribution in [0.4, 0.5) is 0 Å². The molecule has 0 fully saturated rings. The second-order valence-corrected chi connectivity index (χ2v) is 11.5. The van der Waals surface area contributed by atoms with Crippen molar-refractivity contribution in [1.29, 1.82) is 0 Å². The zero-order valence-electron chi connectivity index (χ0n) is 13.3. The van der Waals surface area contributed by atoms with Crippen molar-refractivity contribution in [3.05, 3.63) is 12.3 Å². The lowest BCUT2D eigenvalue weighted by Gasteiger charge is -2.43. The molecule has 0 spiro atoms. The second kappa shape index (κ2) is 6.09. The minimum absolute atomic E-state index is 0.0289. The van der Waals surface area contributed by atoms with Crippen LogP contribution in [0.1, 0.15) is 40.5 Å². The fourth-order valence-electron chi connectivity index (χ4n) is 1.71. The standard InChI is InChI=1S/C14H28O4Si/c1-11(17-6)9-14(5,10-12(15)16)18-19(7,8)13(2,3)4/h1,9-10H2,2-8H3,(H,15,16)/t14-/m0/s1. The quantitative estimate of drug-likeness (QED) is 0.572. The molecule has 0 aromatic rings. The van der Waals surface area contributed by atoms with Crippen LogP contribution in [0.5, 0.6) is 0 Å². The first-order valence-electron chi connectivity index (χ1n) is 6.47. The molecule has 0 saturated carbocycles. The minimum Gasteiger partial charge on any atom is -0.502 e. The molecule has 0 bridgehead atoms. The molecule has 0 aliphatic rings. The average molecular weight is 288 g/mol. The third-order valence-corrected chi connectivity index (χ3v) is 8.31. The average Bonchev–Trinajstić information content (AvgIpc) is 2.12. The van der Waals surface area contributed by atoms with E-state index in [9.17, 15) is 4.79 Å². The van der Waals surface area contributed by atoms with Gasteiger partial charge < -0.3 is 14.3 Å². The molecule has 0 aromatic carbocycles. The van der Waals surface area contributed by atoms with Crippen LogP contribution in [0, 0.1) is 0 Å². The predicted molar refractivity (Wildman–Crippen MR) is 79.7 cm³/mol. The van der Waals surface area contributed by atoms with Crippen LogP contribution in [-0.4, -0.2) is 32.1 Å². The molecule has 5 heteroatoms. The van der Waals surface area contributed by atoms with Gasteiger partial charge in [-0.3, -0.25) is 4.79 Å². The number of ether oxygens (including phenoxy) is 1. The van der Waals surface area contributed by atoms with E-state index in [1.807, 2.05) is 6.92 Å². The number of hydrogen-bond acceptors (Lipinski definition) is 3. The second-order valence-electron chi connectivity index (χ2n) is 6.80. The Kier molecular flexibility index (Phi) is 5.83. The van der Waals surface area contributed by atoms with E-state index in [1.54, 1.807) is 0 Å².